The summed E-state index contributed by atoms with van der Waals surface area (Å²) in [6.45, 7) is 1.85. The van der Waals surface area contributed by atoms with Crippen molar-refractivity contribution in [2.45, 2.75) is 23.8 Å². The molecule has 1 unspecified atom stereocenters. The standard InChI is InChI=1S/C26H26N4O3S/c1-18(25(31)27-20-14-15-22(32-2)23(17-20)33-3)34-26-29-28-24(16-19-10-6-4-7-11-19)30(26)21-12-8-5-9-13-21/h4-15,17-18H,16H2,1-3H3,(H,27,31). The van der Waals surface area contributed by atoms with E-state index in [4.69, 9.17) is 9.47 Å². The molecule has 1 N–H and O–H groups in total. The second-order valence-corrected chi connectivity index (χ2v) is 8.86. The lowest BCUT2D eigenvalue weighted by Crippen LogP contribution is -2.23. The number of aromatic nitrogens is 3. The molecule has 34 heavy (non-hydrogen) atoms. The Labute approximate surface area is 203 Å². The zero-order chi connectivity index (χ0) is 23.9. The fourth-order valence-electron chi connectivity index (χ4n) is 3.48. The molecule has 0 saturated carbocycles. The normalized spacial score (nSPS) is 11.6. The molecule has 1 aromatic heterocycles. The second-order valence-electron chi connectivity index (χ2n) is 7.55. The van der Waals surface area contributed by atoms with Crippen molar-refractivity contribution in [2.75, 3.05) is 19.5 Å². The van der Waals surface area contributed by atoms with Crippen molar-refractivity contribution in [1.29, 1.82) is 0 Å². The number of rotatable bonds is 9. The summed E-state index contributed by atoms with van der Waals surface area (Å²) >= 11 is 1.36. The van der Waals surface area contributed by atoms with Crippen LogP contribution in [-0.4, -0.2) is 40.1 Å². The average molecular weight is 475 g/mol. The van der Waals surface area contributed by atoms with E-state index in [1.807, 2.05) is 60.0 Å². The van der Waals surface area contributed by atoms with Crippen molar-refractivity contribution in [2.24, 2.45) is 0 Å². The highest BCUT2D eigenvalue weighted by atomic mass is 32.2. The number of methoxy groups -OCH3 is 2. The van der Waals surface area contributed by atoms with Gasteiger partial charge in [-0.05, 0) is 36.8 Å². The number of nitrogens with zero attached hydrogens (tertiary/aromatic N) is 3. The van der Waals surface area contributed by atoms with Crippen LogP contribution in [0, 0.1) is 0 Å². The fraction of sp³-hybridized carbons (Fsp3) is 0.192. The Kier molecular flexibility index (Phi) is 7.49. The first-order valence-corrected chi connectivity index (χ1v) is 11.7. The maximum atomic E-state index is 13.0. The largest absolute Gasteiger partial charge is 0.493 e. The highest BCUT2D eigenvalue weighted by Crippen LogP contribution is 2.31. The number of ether oxygens (including phenoxy) is 2. The molecule has 0 radical (unpaired) electrons. The Bertz CT molecular complexity index is 1250. The van der Waals surface area contributed by atoms with Crippen LogP contribution in [0.4, 0.5) is 5.69 Å². The van der Waals surface area contributed by atoms with Crippen LogP contribution in [0.2, 0.25) is 0 Å². The number of hydrogen-bond acceptors (Lipinski definition) is 6. The lowest BCUT2D eigenvalue weighted by Gasteiger charge is -2.15. The van der Waals surface area contributed by atoms with Crippen molar-refractivity contribution < 1.29 is 14.3 Å². The van der Waals surface area contributed by atoms with Crippen LogP contribution in [0.5, 0.6) is 11.5 Å². The number of carbonyl (C=O) groups excluding carboxylic acids is 1. The molecule has 0 bridgehead atoms. The van der Waals surface area contributed by atoms with Gasteiger partial charge in [0.1, 0.15) is 5.82 Å². The van der Waals surface area contributed by atoms with Crippen molar-refractivity contribution in [3.63, 3.8) is 0 Å². The Morgan fingerprint density at radius 1 is 0.941 bits per heavy atom. The third-order valence-corrected chi connectivity index (χ3v) is 6.26. The molecule has 0 aliphatic rings. The van der Waals surface area contributed by atoms with Gasteiger partial charge < -0.3 is 14.8 Å². The molecule has 3 aromatic carbocycles. The number of para-hydroxylation sites is 1. The number of carbonyl (C=O) groups is 1. The lowest BCUT2D eigenvalue weighted by molar-refractivity contribution is -0.115. The van der Waals surface area contributed by atoms with Gasteiger partial charge in [0.15, 0.2) is 16.7 Å². The van der Waals surface area contributed by atoms with Gasteiger partial charge in [-0.25, -0.2) is 0 Å². The van der Waals surface area contributed by atoms with E-state index in [0.717, 1.165) is 17.1 Å². The quantitative estimate of drug-likeness (QED) is 0.344. The van der Waals surface area contributed by atoms with Crippen LogP contribution in [-0.2, 0) is 11.2 Å². The first-order chi connectivity index (χ1) is 16.6. The van der Waals surface area contributed by atoms with E-state index in [0.29, 0.717) is 28.8 Å². The molecule has 8 heteroatoms. The minimum atomic E-state index is -0.413. The van der Waals surface area contributed by atoms with Crippen molar-refractivity contribution in [1.82, 2.24) is 14.8 Å². The number of nitrogens with one attached hydrogen (secondary N) is 1. The molecular weight excluding hydrogens is 448 g/mol. The Balaban J connectivity index is 1.55. The second kappa shape index (κ2) is 10.9. The van der Waals surface area contributed by atoms with Crippen LogP contribution in [0.1, 0.15) is 18.3 Å². The maximum Gasteiger partial charge on any atom is 0.237 e. The predicted molar refractivity (Wildman–Crippen MR) is 134 cm³/mol. The average Bonchev–Trinajstić information content (AvgIpc) is 3.26. The summed E-state index contributed by atoms with van der Waals surface area (Å²) in [5, 5.41) is 12.1. The molecule has 7 nitrogen and oxygen atoms in total. The molecule has 174 valence electrons. The summed E-state index contributed by atoms with van der Waals surface area (Å²) in [4.78, 5) is 13.0. The molecule has 1 atom stereocenters. The van der Waals surface area contributed by atoms with E-state index in [-0.39, 0.29) is 5.91 Å². The van der Waals surface area contributed by atoms with Gasteiger partial charge in [-0.2, -0.15) is 0 Å². The molecule has 1 heterocycles. The predicted octanol–water partition coefficient (Wildman–Crippen LogP) is 4.99. The monoisotopic (exact) mass is 474 g/mol. The molecule has 1 amide bonds. The Morgan fingerprint density at radius 2 is 1.62 bits per heavy atom. The van der Waals surface area contributed by atoms with Crippen LogP contribution in [0.25, 0.3) is 5.69 Å². The number of benzene rings is 3. The highest BCUT2D eigenvalue weighted by molar-refractivity contribution is 8.00. The minimum Gasteiger partial charge on any atom is -0.493 e. The third-order valence-electron chi connectivity index (χ3n) is 5.22. The van der Waals surface area contributed by atoms with Crippen molar-refractivity contribution in [3.8, 4) is 17.2 Å². The van der Waals surface area contributed by atoms with E-state index in [1.165, 1.54) is 11.8 Å². The molecule has 0 aliphatic heterocycles. The van der Waals surface area contributed by atoms with E-state index >= 15 is 0 Å². The zero-order valence-corrected chi connectivity index (χ0v) is 20.1. The molecular formula is C26H26N4O3S. The molecule has 0 fully saturated rings. The highest BCUT2D eigenvalue weighted by Gasteiger charge is 2.22. The molecule has 0 spiro atoms. The summed E-state index contributed by atoms with van der Waals surface area (Å²) in [6.07, 6.45) is 0.634. The fourth-order valence-corrected chi connectivity index (χ4v) is 4.36. The summed E-state index contributed by atoms with van der Waals surface area (Å²) in [5.41, 5.74) is 2.72. The van der Waals surface area contributed by atoms with E-state index in [9.17, 15) is 4.79 Å². The van der Waals surface area contributed by atoms with Crippen LogP contribution >= 0.6 is 11.8 Å². The summed E-state index contributed by atoms with van der Waals surface area (Å²) in [6, 6.07) is 25.4. The van der Waals surface area contributed by atoms with Crippen molar-refractivity contribution >= 4 is 23.4 Å². The van der Waals surface area contributed by atoms with Gasteiger partial charge in [0.2, 0.25) is 5.91 Å². The van der Waals surface area contributed by atoms with Crippen LogP contribution < -0.4 is 14.8 Å². The lowest BCUT2D eigenvalue weighted by atomic mass is 10.1. The number of anilines is 1. The van der Waals surface area contributed by atoms with Crippen LogP contribution in [0.3, 0.4) is 0 Å². The van der Waals surface area contributed by atoms with Gasteiger partial charge in [-0.3, -0.25) is 9.36 Å². The minimum absolute atomic E-state index is 0.149. The summed E-state index contributed by atoms with van der Waals surface area (Å²) < 4.78 is 12.6. The van der Waals surface area contributed by atoms with Gasteiger partial charge in [-0.1, -0.05) is 60.3 Å². The zero-order valence-electron chi connectivity index (χ0n) is 19.3. The first-order valence-electron chi connectivity index (χ1n) is 10.8. The van der Waals surface area contributed by atoms with Crippen molar-refractivity contribution in [3.05, 3.63) is 90.3 Å². The molecule has 4 rings (SSSR count). The SMILES string of the molecule is COc1ccc(NC(=O)C(C)Sc2nnc(Cc3ccccc3)n2-c2ccccc2)cc1OC. The van der Waals surface area contributed by atoms with Crippen LogP contribution in [0.15, 0.2) is 84.0 Å². The van der Waals surface area contributed by atoms with Gasteiger partial charge in [0.05, 0.1) is 19.5 Å². The number of hydrogen-bond donors (Lipinski definition) is 1. The maximum absolute atomic E-state index is 13.0. The Hall–Kier alpha value is -3.78. The van der Waals surface area contributed by atoms with Gasteiger partial charge in [0.25, 0.3) is 0 Å². The summed E-state index contributed by atoms with van der Waals surface area (Å²) in [5.74, 6) is 1.82. The van der Waals surface area contributed by atoms with E-state index in [1.54, 1.807) is 32.4 Å². The van der Waals surface area contributed by atoms with Gasteiger partial charge in [0, 0.05) is 23.9 Å². The smallest absolute Gasteiger partial charge is 0.237 e. The third kappa shape index (κ3) is 5.40. The number of thioether (sulfide) groups is 1. The van der Waals surface area contributed by atoms with Gasteiger partial charge in [-0.15, -0.1) is 10.2 Å². The van der Waals surface area contributed by atoms with E-state index in [2.05, 4.69) is 27.6 Å². The van der Waals surface area contributed by atoms with E-state index < -0.39 is 5.25 Å². The topological polar surface area (TPSA) is 78.3 Å². The Morgan fingerprint density at radius 3 is 2.29 bits per heavy atom. The first kappa shape index (κ1) is 23.4. The number of amides is 1. The molecule has 4 aromatic rings. The van der Waals surface area contributed by atoms with Gasteiger partial charge >= 0.3 is 0 Å². The summed E-state index contributed by atoms with van der Waals surface area (Å²) in [7, 11) is 3.13. The molecule has 0 aliphatic carbocycles. The molecule has 0 saturated heterocycles.